The van der Waals surface area contributed by atoms with Crippen molar-refractivity contribution in [2.24, 2.45) is 5.10 Å². The molecule has 1 aliphatic heterocycles. The Balaban J connectivity index is 1.66. The van der Waals surface area contributed by atoms with Crippen molar-refractivity contribution in [1.29, 1.82) is 0 Å². The standard InChI is InChI=1S/C24H29ClN4O/c1-15-7-8-19(9-16(15)2)26-14-23(30)28-27-13-18-10-20-17(3)12-24(4,5)29(6)22(20)11-21(18)25/h7-13,26H,14H2,1-6H3,(H,28,30)/b27-13-. The zero-order chi connectivity index (χ0) is 22.1. The monoisotopic (exact) mass is 424 g/mol. The lowest BCUT2D eigenvalue weighted by Crippen LogP contribution is -2.42. The van der Waals surface area contributed by atoms with Gasteiger partial charge in [0.2, 0.25) is 0 Å². The molecule has 2 aromatic rings. The molecule has 0 aliphatic carbocycles. The van der Waals surface area contributed by atoms with Gasteiger partial charge < -0.3 is 10.2 Å². The molecule has 0 saturated heterocycles. The van der Waals surface area contributed by atoms with Crippen molar-refractivity contribution >= 4 is 40.7 Å². The number of hydrogen-bond donors (Lipinski definition) is 2. The van der Waals surface area contributed by atoms with Gasteiger partial charge in [-0.25, -0.2) is 5.43 Å². The van der Waals surface area contributed by atoms with E-state index in [1.807, 2.05) is 37.3 Å². The van der Waals surface area contributed by atoms with E-state index in [1.54, 1.807) is 6.21 Å². The van der Waals surface area contributed by atoms with Crippen LogP contribution in [0.25, 0.3) is 5.57 Å². The van der Waals surface area contributed by atoms with Gasteiger partial charge >= 0.3 is 0 Å². The number of carbonyl (C=O) groups excluding carboxylic acids is 1. The maximum atomic E-state index is 12.1. The quantitative estimate of drug-likeness (QED) is 0.515. The molecule has 0 fully saturated rings. The Labute approximate surface area is 183 Å². The third kappa shape index (κ3) is 4.68. The van der Waals surface area contributed by atoms with E-state index >= 15 is 0 Å². The SMILES string of the molecule is CC1=CC(C)(C)N(C)c2cc(Cl)c(/C=N\NC(=O)CNc3ccc(C)c(C)c3)cc21. The molecule has 1 amide bonds. The molecule has 1 aliphatic rings. The summed E-state index contributed by atoms with van der Waals surface area (Å²) in [6, 6.07) is 9.98. The van der Waals surface area contributed by atoms with Crippen LogP contribution in [0.5, 0.6) is 0 Å². The summed E-state index contributed by atoms with van der Waals surface area (Å²) in [6.07, 6.45) is 3.83. The average Bonchev–Trinajstić information content (AvgIpc) is 2.67. The molecule has 0 spiro atoms. The Bertz CT molecular complexity index is 1040. The van der Waals surface area contributed by atoms with Gasteiger partial charge in [-0.1, -0.05) is 23.7 Å². The van der Waals surface area contributed by atoms with Crippen LogP contribution < -0.4 is 15.6 Å². The third-order valence-electron chi connectivity index (χ3n) is 5.69. The van der Waals surface area contributed by atoms with Crippen LogP contribution in [0.3, 0.4) is 0 Å². The maximum absolute atomic E-state index is 12.1. The second-order valence-electron chi connectivity index (χ2n) is 8.38. The van der Waals surface area contributed by atoms with Gasteiger partial charge in [0.05, 0.1) is 23.3 Å². The van der Waals surface area contributed by atoms with Gasteiger partial charge in [0.15, 0.2) is 0 Å². The minimum Gasteiger partial charge on any atom is -0.376 e. The molecule has 0 aromatic heterocycles. The van der Waals surface area contributed by atoms with Gasteiger partial charge in [0.25, 0.3) is 5.91 Å². The zero-order valence-electron chi connectivity index (χ0n) is 18.4. The number of anilines is 2. The summed E-state index contributed by atoms with van der Waals surface area (Å²) in [5.74, 6) is -0.226. The van der Waals surface area contributed by atoms with Gasteiger partial charge in [-0.3, -0.25) is 4.79 Å². The lowest BCUT2D eigenvalue weighted by Gasteiger charge is -2.40. The van der Waals surface area contributed by atoms with Crippen molar-refractivity contribution in [2.45, 2.75) is 40.2 Å². The molecule has 0 unspecified atom stereocenters. The Morgan fingerprint density at radius 2 is 1.90 bits per heavy atom. The molecule has 158 valence electrons. The molecule has 5 nitrogen and oxygen atoms in total. The lowest BCUT2D eigenvalue weighted by molar-refractivity contribution is -0.119. The highest BCUT2D eigenvalue weighted by atomic mass is 35.5. The lowest BCUT2D eigenvalue weighted by atomic mass is 9.88. The van der Waals surface area contributed by atoms with E-state index in [0.717, 1.165) is 22.5 Å². The number of rotatable bonds is 5. The topological polar surface area (TPSA) is 56.7 Å². The van der Waals surface area contributed by atoms with Crippen LogP contribution in [-0.2, 0) is 4.79 Å². The molecular weight excluding hydrogens is 396 g/mol. The summed E-state index contributed by atoms with van der Waals surface area (Å²) in [5.41, 5.74) is 9.94. The number of halogens is 1. The number of hydrazone groups is 1. The Morgan fingerprint density at radius 3 is 2.60 bits per heavy atom. The predicted molar refractivity (Wildman–Crippen MR) is 128 cm³/mol. The van der Waals surface area contributed by atoms with Crippen LogP contribution in [-0.4, -0.2) is 31.3 Å². The van der Waals surface area contributed by atoms with E-state index in [1.165, 1.54) is 16.7 Å². The molecule has 0 saturated carbocycles. The highest BCUT2D eigenvalue weighted by Gasteiger charge is 2.29. The number of amides is 1. The normalized spacial score (nSPS) is 15.0. The number of aryl methyl sites for hydroxylation is 2. The highest BCUT2D eigenvalue weighted by molar-refractivity contribution is 6.33. The Kier molecular flexibility index (Phi) is 6.22. The van der Waals surface area contributed by atoms with Crippen LogP contribution in [0.1, 0.15) is 43.0 Å². The van der Waals surface area contributed by atoms with E-state index in [2.05, 4.69) is 61.6 Å². The molecule has 2 N–H and O–H groups in total. The summed E-state index contributed by atoms with van der Waals surface area (Å²) in [7, 11) is 2.06. The van der Waals surface area contributed by atoms with Crippen molar-refractivity contribution in [2.75, 3.05) is 23.8 Å². The minimum atomic E-state index is -0.226. The first-order chi connectivity index (χ1) is 14.1. The predicted octanol–water partition coefficient (Wildman–Crippen LogP) is 5.15. The van der Waals surface area contributed by atoms with Gasteiger partial charge in [-0.05, 0) is 75.6 Å². The van der Waals surface area contributed by atoms with Crippen molar-refractivity contribution in [3.8, 4) is 0 Å². The van der Waals surface area contributed by atoms with Crippen molar-refractivity contribution in [1.82, 2.24) is 5.43 Å². The van der Waals surface area contributed by atoms with Crippen LogP contribution >= 0.6 is 11.6 Å². The van der Waals surface area contributed by atoms with Crippen LogP contribution in [0.15, 0.2) is 41.5 Å². The fourth-order valence-electron chi connectivity index (χ4n) is 3.53. The van der Waals surface area contributed by atoms with Crippen LogP contribution in [0, 0.1) is 13.8 Å². The molecule has 3 rings (SSSR count). The molecule has 0 radical (unpaired) electrons. The minimum absolute atomic E-state index is 0.0764. The maximum Gasteiger partial charge on any atom is 0.259 e. The number of nitrogens with zero attached hydrogens (tertiary/aromatic N) is 2. The number of likely N-dealkylation sites (N-methyl/N-ethyl adjacent to an activating group) is 1. The van der Waals surface area contributed by atoms with Crippen molar-refractivity contribution in [3.63, 3.8) is 0 Å². The molecule has 0 atom stereocenters. The molecule has 6 heteroatoms. The van der Waals surface area contributed by atoms with E-state index < -0.39 is 0 Å². The van der Waals surface area contributed by atoms with Crippen molar-refractivity contribution < 1.29 is 4.79 Å². The highest BCUT2D eigenvalue weighted by Crippen LogP contribution is 2.40. The summed E-state index contributed by atoms with van der Waals surface area (Å²) in [6.45, 7) is 10.7. The molecule has 1 heterocycles. The Hall–Kier alpha value is -2.79. The fraction of sp³-hybridized carbons (Fsp3) is 0.333. The number of fused-ring (bicyclic) bond motifs is 1. The number of allylic oxidation sites excluding steroid dienone is 1. The first-order valence-corrected chi connectivity index (χ1v) is 10.4. The van der Waals surface area contributed by atoms with E-state index in [-0.39, 0.29) is 18.0 Å². The van der Waals surface area contributed by atoms with Gasteiger partial charge in [0, 0.05) is 29.5 Å². The van der Waals surface area contributed by atoms with E-state index in [4.69, 9.17) is 11.6 Å². The van der Waals surface area contributed by atoms with Gasteiger partial charge in [0.1, 0.15) is 0 Å². The second kappa shape index (κ2) is 8.52. The number of hydrogen-bond acceptors (Lipinski definition) is 4. The molecule has 0 bridgehead atoms. The number of benzene rings is 2. The summed E-state index contributed by atoms with van der Waals surface area (Å²) < 4.78 is 0. The van der Waals surface area contributed by atoms with E-state index in [9.17, 15) is 4.79 Å². The first-order valence-electron chi connectivity index (χ1n) is 9.99. The molecule has 30 heavy (non-hydrogen) atoms. The smallest absolute Gasteiger partial charge is 0.259 e. The van der Waals surface area contributed by atoms with Crippen LogP contribution in [0.4, 0.5) is 11.4 Å². The average molecular weight is 425 g/mol. The number of carbonyl (C=O) groups is 1. The third-order valence-corrected chi connectivity index (χ3v) is 6.02. The molecule has 2 aromatic carbocycles. The second-order valence-corrected chi connectivity index (χ2v) is 8.78. The van der Waals surface area contributed by atoms with Crippen LogP contribution in [0.2, 0.25) is 5.02 Å². The first kappa shape index (κ1) is 21.9. The summed E-state index contributed by atoms with van der Waals surface area (Å²) in [5, 5.41) is 7.79. The number of nitrogens with one attached hydrogen (secondary N) is 2. The van der Waals surface area contributed by atoms with Gasteiger partial charge in [-0.15, -0.1) is 0 Å². The van der Waals surface area contributed by atoms with E-state index in [0.29, 0.717) is 5.02 Å². The Morgan fingerprint density at radius 1 is 1.17 bits per heavy atom. The van der Waals surface area contributed by atoms with Gasteiger partial charge in [-0.2, -0.15) is 5.10 Å². The van der Waals surface area contributed by atoms with Crippen molar-refractivity contribution in [3.05, 3.63) is 63.7 Å². The molecular formula is C24H29ClN4O. The fourth-order valence-corrected chi connectivity index (χ4v) is 3.74. The largest absolute Gasteiger partial charge is 0.376 e. The summed E-state index contributed by atoms with van der Waals surface area (Å²) >= 11 is 6.49. The zero-order valence-corrected chi connectivity index (χ0v) is 19.2. The summed E-state index contributed by atoms with van der Waals surface area (Å²) in [4.78, 5) is 14.3.